The zero-order chi connectivity index (χ0) is 21.8. The summed E-state index contributed by atoms with van der Waals surface area (Å²) in [5.74, 6) is 1.67. The highest BCUT2D eigenvalue weighted by Crippen LogP contribution is 2.22. The number of hydrogen-bond donors (Lipinski definition) is 2. The third-order valence-corrected chi connectivity index (χ3v) is 5.56. The van der Waals surface area contributed by atoms with E-state index in [0.29, 0.717) is 19.0 Å². The van der Waals surface area contributed by atoms with Crippen LogP contribution in [-0.4, -0.2) is 51.8 Å². The second-order valence-electron chi connectivity index (χ2n) is 8.19. The number of nitrogens with zero attached hydrogens (tertiary/aromatic N) is 4. The number of nitrogens with one attached hydrogen (secondary N) is 1. The van der Waals surface area contributed by atoms with Gasteiger partial charge >= 0.3 is 6.03 Å². The summed E-state index contributed by atoms with van der Waals surface area (Å²) in [5, 5.41) is 12.7. The van der Waals surface area contributed by atoms with Crippen molar-refractivity contribution in [2.24, 2.45) is 0 Å². The van der Waals surface area contributed by atoms with Gasteiger partial charge in [-0.3, -0.25) is 0 Å². The van der Waals surface area contributed by atoms with Crippen LogP contribution in [0.5, 0.6) is 5.75 Å². The van der Waals surface area contributed by atoms with Gasteiger partial charge in [0.2, 0.25) is 0 Å². The number of benzene rings is 2. The van der Waals surface area contributed by atoms with E-state index in [1.54, 1.807) is 12.1 Å². The number of aromatic nitrogens is 2. The zero-order valence-electron chi connectivity index (χ0n) is 18.0. The molecule has 1 aliphatic rings. The molecule has 0 aliphatic carbocycles. The van der Waals surface area contributed by atoms with E-state index in [0.717, 1.165) is 42.4 Å². The van der Waals surface area contributed by atoms with Crippen molar-refractivity contribution in [2.75, 3.05) is 36.4 Å². The van der Waals surface area contributed by atoms with Crippen molar-refractivity contribution in [3.63, 3.8) is 0 Å². The monoisotopic (exact) mass is 419 g/mol. The van der Waals surface area contributed by atoms with Gasteiger partial charge in [0.25, 0.3) is 0 Å². The number of phenolic OH excluding ortho intramolecular Hbond substituents is 1. The van der Waals surface area contributed by atoms with E-state index < -0.39 is 0 Å². The van der Waals surface area contributed by atoms with E-state index in [4.69, 9.17) is 0 Å². The third-order valence-electron chi connectivity index (χ3n) is 5.56. The van der Waals surface area contributed by atoms with E-state index >= 15 is 0 Å². The highest BCUT2D eigenvalue weighted by atomic mass is 16.3. The molecule has 2 aromatic carbocycles. The van der Waals surface area contributed by atoms with Crippen molar-refractivity contribution in [3.05, 3.63) is 72.3 Å². The number of imidazole rings is 1. The maximum atomic E-state index is 12.8. The lowest BCUT2D eigenvalue weighted by atomic mass is 10.1. The van der Waals surface area contributed by atoms with E-state index in [1.807, 2.05) is 47.6 Å². The van der Waals surface area contributed by atoms with Crippen molar-refractivity contribution in [3.8, 4) is 5.75 Å². The predicted octanol–water partition coefficient (Wildman–Crippen LogP) is 4.11. The molecule has 2 amide bonds. The number of rotatable bonds is 5. The van der Waals surface area contributed by atoms with Gasteiger partial charge in [-0.1, -0.05) is 32.0 Å². The first-order chi connectivity index (χ1) is 15.0. The second-order valence-corrected chi connectivity index (χ2v) is 8.19. The molecule has 0 atom stereocenters. The average Bonchev–Trinajstić information content (AvgIpc) is 3.22. The molecule has 0 radical (unpaired) electrons. The van der Waals surface area contributed by atoms with Gasteiger partial charge in [-0.2, -0.15) is 0 Å². The quantitative estimate of drug-likeness (QED) is 0.653. The minimum atomic E-state index is -0.0850. The van der Waals surface area contributed by atoms with Crippen LogP contribution in [0.3, 0.4) is 0 Å². The summed E-state index contributed by atoms with van der Waals surface area (Å²) in [4.78, 5) is 21.2. The Labute approximate surface area is 182 Å². The number of carbonyl (C=O) groups excluding carboxylic acids is 1. The van der Waals surface area contributed by atoms with Crippen molar-refractivity contribution in [1.82, 2.24) is 14.5 Å². The maximum absolute atomic E-state index is 12.8. The van der Waals surface area contributed by atoms with Gasteiger partial charge in [0.15, 0.2) is 0 Å². The summed E-state index contributed by atoms with van der Waals surface area (Å²) in [5.41, 5.74) is 2.89. The minimum Gasteiger partial charge on any atom is -0.508 e. The number of aromatic hydroxyl groups is 1. The average molecular weight is 420 g/mol. The number of piperazine rings is 1. The predicted molar refractivity (Wildman–Crippen MR) is 123 cm³/mol. The smallest absolute Gasteiger partial charge is 0.321 e. The molecule has 1 fully saturated rings. The van der Waals surface area contributed by atoms with Crippen LogP contribution in [0.4, 0.5) is 16.2 Å². The first-order valence-electron chi connectivity index (χ1n) is 10.7. The molecule has 4 rings (SSSR count). The maximum Gasteiger partial charge on any atom is 0.321 e. The molecule has 0 saturated carbocycles. The fourth-order valence-corrected chi connectivity index (χ4v) is 3.96. The van der Waals surface area contributed by atoms with Crippen molar-refractivity contribution in [1.29, 1.82) is 0 Å². The van der Waals surface area contributed by atoms with Gasteiger partial charge in [0, 0.05) is 68.5 Å². The first kappa shape index (κ1) is 20.8. The van der Waals surface area contributed by atoms with Crippen LogP contribution in [0.15, 0.2) is 60.9 Å². The van der Waals surface area contributed by atoms with E-state index in [-0.39, 0.29) is 11.8 Å². The van der Waals surface area contributed by atoms with Gasteiger partial charge in [0.05, 0.1) is 0 Å². The number of urea groups is 1. The Morgan fingerprint density at radius 3 is 2.61 bits per heavy atom. The van der Waals surface area contributed by atoms with E-state index in [2.05, 4.69) is 39.7 Å². The largest absolute Gasteiger partial charge is 0.508 e. The van der Waals surface area contributed by atoms with Crippen LogP contribution in [0.1, 0.15) is 31.2 Å². The molecule has 0 unspecified atom stereocenters. The third kappa shape index (κ3) is 4.99. The number of anilines is 2. The Balaban J connectivity index is 1.35. The summed E-state index contributed by atoms with van der Waals surface area (Å²) in [6, 6.07) is 15.1. The molecule has 1 aromatic heterocycles. The van der Waals surface area contributed by atoms with Gasteiger partial charge in [0.1, 0.15) is 11.6 Å². The molecule has 7 nitrogen and oxygen atoms in total. The standard InChI is InChI=1S/C24H29N5O2/c1-18(2)23-25-9-10-29(23)17-19-5-3-6-20(15-19)26-24(31)28-13-11-27(12-14-28)21-7-4-8-22(30)16-21/h3-10,15-16,18,30H,11-14,17H2,1-2H3,(H,26,31). The molecular weight excluding hydrogens is 390 g/mol. The lowest BCUT2D eigenvalue weighted by molar-refractivity contribution is 0.208. The Bertz CT molecular complexity index is 1040. The summed E-state index contributed by atoms with van der Waals surface area (Å²) in [7, 11) is 0. The topological polar surface area (TPSA) is 73.6 Å². The molecule has 0 bridgehead atoms. The minimum absolute atomic E-state index is 0.0850. The van der Waals surface area contributed by atoms with Gasteiger partial charge in [-0.05, 0) is 29.8 Å². The Hall–Kier alpha value is -3.48. The van der Waals surface area contributed by atoms with Crippen LogP contribution in [-0.2, 0) is 6.54 Å². The molecule has 1 saturated heterocycles. The van der Waals surface area contributed by atoms with Crippen LogP contribution in [0.25, 0.3) is 0 Å². The Kier molecular flexibility index (Phi) is 6.11. The molecule has 0 spiro atoms. The molecule has 2 heterocycles. The molecular formula is C24H29N5O2. The van der Waals surface area contributed by atoms with Gasteiger partial charge in [-0.15, -0.1) is 0 Å². The highest BCUT2D eigenvalue weighted by molar-refractivity contribution is 5.89. The van der Waals surface area contributed by atoms with Crippen molar-refractivity contribution < 1.29 is 9.90 Å². The van der Waals surface area contributed by atoms with Crippen LogP contribution in [0, 0.1) is 0 Å². The highest BCUT2D eigenvalue weighted by Gasteiger charge is 2.21. The SMILES string of the molecule is CC(C)c1nccn1Cc1cccc(NC(=O)N2CCN(c3cccc(O)c3)CC2)c1. The summed E-state index contributed by atoms with van der Waals surface area (Å²) in [6.45, 7) is 7.72. The van der Waals surface area contributed by atoms with Gasteiger partial charge < -0.3 is 24.8 Å². The number of carbonyl (C=O) groups is 1. The number of hydrogen-bond acceptors (Lipinski definition) is 4. The van der Waals surface area contributed by atoms with Crippen molar-refractivity contribution >= 4 is 17.4 Å². The molecule has 7 heteroatoms. The number of amides is 2. The van der Waals surface area contributed by atoms with Gasteiger partial charge in [-0.25, -0.2) is 9.78 Å². The van der Waals surface area contributed by atoms with E-state index in [1.165, 1.54) is 0 Å². The molecule has 3 aromatic rings. The summed E-state index contributed by atoms with van der Waals surface area (Å²) in [6.07, 6.45) is 3.82. The molecule has 162 valence electrons. The Morgan fingerprint density at radius 1 is 1.10 bits per heavy atom. The lowest BCUT2D eigenvalue weighted by Gasteiger charge is -2.36. The van der Waals surface area contributed by atoms with E-state index in [9.17, 15) is 9.90 Å². The molecule has 2 N–H and O–H groups in total. The summed E-state index contributed by atoms with van der Waals surface area (Å²) < 4.78 is 2.15. The lowest BCUT2D eigenvalue weighted by Crippen LogP contribution is -2.50. The Morgan fingerprint density at radius 2 is 1.87 bits per heavy atom. The number of phenols is 1. The fraction of sp³-hybridized carbons (Fsp3) is 0.333. The van der Waals surface area contributed by atoms with Crippen LogP contribution < -0.4 is 10.2 Å². The summed E-state index contributed by atoms with van der Waals surface area (Å²) >= 11 is 0. The fourth-order valence-electron chi connectivity index (χ4n) is 3.96. The normalized spacial score (nSPS) is 14.2. The molecule has 1 aliphatic heterocycles. The zero-order valence-corrected chi connectivity index (χ0v) is 18.0. The van der Waals surface area contributed by atoms with Crippen molar-refractivity contribution in [2.45, 2.75) is 26.3 Å². The first-order valence-corrected chi connectivity index (χ1v) is 10.7. The van der Waals surface area contributed by atoms with Crippen LogP contribution >= 0.6 is 0 Å². The molecule has 31 heavy (non-hydrogen) atoms. The van der Waals surface area contributed by atoms with Crippen LogP contribution in [0.2, 0.25) is 0 Å². The second kappa shape index (κ2) is 9.12.